The maximum absolute atomic E-state index is 11.8. The summed E-state index contributed by atoms with van der Waals surface area (Å²) >= 11 is 0. The Kier molecular flexibility index (Phi) is 2.78. The third-order valence-electron chi connectivity index (χ3n) is 2.94. The Morgan fingerprint density at radius 1 is 1.35 bits per heavy atom. The molecule has 0 bridgehead atoms. The second kappa shape index (κ2) is 4.48. The Bertz CT molecular complexity index is 883. The Labute approximate surface area is 112 Å². The molecular weight excluding hydrogens is 262 g/mol. The first-order valence-electron chi connectivity index (χ1n) is 6.26. The summed E-state index contributed by atoms with van der Waals surface area (Å²) in [6, 6.07) is 1.70. The van der Waals surface area contributed by atoms with Crippen LogP contribution in [-0.4, -0.2) is 24.7 Å². The van der Waals surface area contributed by atoms with Crippen LogP contribution < -0.4 is 11.2 Å². The summed E-state index contributed by atoms with van der Waals surface area (Å²) < 4.78 is 6.54. The maximum Gasteiger partial charge on any atom is 0.330 e. The molecule has 0 aliphatic heterocycles. The molecule has 0 saturated heterocycles. The highest BCUT2D eigenvalue weighted by Crippen LogP contribution is 2.18. The molecule has 104 valence electrons. The van der Waals surface area contributed by atoms with E-state index in [-0.39, 0.29) is 5.52 Å². The average molecular weight is 275 g/mol. The molecule has 0 radical (unpaired) electrons. The van der Waals surface area contributed by atoms with Crippen LogP contribution in [0.25, 0.3) is 22.7 Å². The van der Waals surface area contributed by atoms with Gasteiger partial charge < -0.3 is 9.51 Å². The molecule has 0 aliphatic carbocycles. The smallest absolute Gasteiger partial charge is 0.330 e. The topological polar surface area (TPSA) is 110 Å². The number of imidazole rings is 1. The largest absolute Gasteiger partial charge is 0.353 e. The van der Waals surface area contributed by atoms with E-state index in [1.165, 1.54) is 4.57 Å². The fourth-order valence-electron chi connectivity index (χ4n) is 2.06. The van der Waals surface area contributed by atoms with E-state index < -0.39 is 11.2 Å². The molecule has 0 aliphatic rings. The summed E-state index contributed by atoms with van der Waals surface area (Å²) in [4.78, 5) is 33.1. The van der Waals surface area contributed by atoms with Gasteiger partial charge in [-0.1, -0.05) is 12.1 Å². The minimum absolute atomic E-state index is 0.252. The van der Waals surface area contributed by atoms with E-state index in [2.05, 4.69) is 20.1 Å². The van der Waals surface area contributed by atoms with Gasteiger partial charge in [0.25, 0.3) is 5.56 Å². The van der Waals surface area contributed by atoms with Crippen molar-refractivity contribution in [1.82, 2.24) is 24.7 Å². The number of aryl methyl sites for hydroxylation is 2. The minimum Gasteiger partial charge on any atom is -0.353 e. The monoisotopic (exact) mass is 275 g/mol. The van der Waals surface area contributed by atoms with Gasteiger partial charge in [-0.25, -0.2) is 9.78 Å². The van der Waals surface area contributed by atoms with Crippen molar-refractivity contribution >= 4 is 11.2 Å². The van der Waals surface area contributed by atoms with E-state index in [1.807, 2.05) is 6.92 Å². The Morgan fingerprint density at radius 2 is 2.15 bits per heavy atom. The molecule has 3 heterocycles. The SMILES string of the molecule is CCCn1c(=O)[nH]c(=O)c2[nH]c(-c3cc(C)no3)nc21. The molecule has 0 atom stereocenters. The molecule has 8 nitrogen and oxygen atoms in total. The van der Waals surface area contributed by atoms with Crippen LogP contribution in [0.1, 0.15) is 19.0 Å². The molecule has 2 N–H and O–H groups in total. The number of H-pyrrole nitrogens is 2. The van der Waals surface area contributed by atoms with Crippen LogP contribution in [0, 0.1) is 6.92 Å². The molecule has 0 aromatic carbocycles. The second-order valence-electron chi connectivity index (χ2n) is 4.53. The van der Waals surface area contributed by atoms with E-state index in [0.717, 1.165) is 6.42 Å². The maximum atomic E-state index is 11.8. The molecule has 3 aromatic heterocycles. The van der Waals surface area contributed by atoms with Crippen molar-refractivity contribution < 1.29 is 4.52 Å². The molecule has 8 heteroatoms. The predicted molar refractivity (Wildman–Crippen MR) is 71.5 cm³/mol. The number of aromatic nitrogens is 5. The summed E-state index contributed by atoms with van der Waals surface area (Å²) in [5.74, 6) is 0.801. The van der Waals surface area contributed by atoms with Gasteiger partial charge in [-0.15, -0.1) is 0 Å². The summed E-state index contributed by atoms with van der Waals surface area (Å²) in [7, 11) is 0. The van der Waals surface area contributed by atoms with E-state index in [0.29, 0.717) is 29.5 Å². The highest BCUT2D eigenvalue weighted by molar-refractivity contribution is 5.74. The van der Waals surface area contributed by atoms with Gasteiger partial charge in [0.15, 0.2) is 11.5 Å². The molecule has 0 unspecified atom stereocenters. The first-order chi connectivity index (χ1) is 9.60. The van der Waals surface area contributed by atoms with Crippen LogP contribution in [0.4, 0.5) is 0 Å². The Hall–Kier alpha value is -2.64. The predicted octanol–water partition coefficient (Wildman–Crippen LogP) is 0.786. The van der Waals surface area contributed by atoms with E-state index in [9.17, 15) is 9.59 Å². The molecule has 0 amide bonds. The van der Waals surface area contributed by atoms with Gasteiger partial charge >= 0.3 is 5.69 Å². The van der Waals surface area contributed by atoms with Gasteiger partial charge in [0, 0.05) is 12.6 Å². The molecule has 0 saturated carbocycles. The summed E-state index contributed by atoms with van der Waals surface area (Å²) in [6.45, 7) is 4.21. The lowest BCUT2D eigenvalue weighted by Gasteiger charge is -2.02. The van der Waals surface area contributed by atoms with Gasteiger partial charge in [-0.3, -0.25) is 14.3 Å². The number of nitrogens with zero attached hydrogens (tertiary/aromatic N) is 3. The van der Waals surface area contributed by atoms with Crippen molar-refractivity contribution in [2.75, 3.05) is 0 Å². The lowest BCUT2D eigenvalue weighted by atomic mass is 10.4. The normalized spacial score (nSPS) is 11.3. The fourth-order valence-corrected chi connectivity index (χ4v) is 2.06. The molecule has 0 spiro atoms. The van der Waals surface area contributed by atoms with Gasteiger partial charge in [0.05, 0.1) is 5.69 Å². The first kappa shape index (κ1) is 12.4. The second-order valence-corrected chi connectivity index (χ2v) is 4.53. The van der Waals surface area contributed by atoms with Crippen molar-refractivity contribution in [2.45, 2.75) is 26.8 Å². The molecule has 3 rings (SSSR count). The lowest BCUT2D eigenvalue weighted by molar-refractivity contribution is 0.425. The molecule has 20 heavy (non-hydrogen) atoms. The van der Waals surface area contributed by atoms with Crippen LogP contribution in [-0.2, 0) is 6.54 Å². The number of rotatable bonds is 3. The van der Waals surface area contributed by atoms with E-state index in [4.69, 9.17) is 4.52 Å². The zero-order valence-corrected chi connectivity index (χ0v) is 11.1. The highest BCUT2D eigenvalue weighted by atomic mass is 16.5. The number of hydrogen-bond acceptors (Lipinski definition) is 5. The van der Waals surface area contributed by atoms with Gasteiger partial charge in [-0.2, -0.15) is 0 Å². The fraction of sp³-hybridized carbons (Fsp3) is 0.333. The van der Waals surface area contributed by atoms with Gasteiger partial charge in [-0.05, 0) is 13.3 Å². The third kappa shape index (κ3) is 1.85. The summed E-state index contributed by atoms with van der Waals surface area (Å²) in [5, 5.41) is 3.77. The number of nitrogens with one attached hydrogen (secondary N) is 2. The Morgan fingerprint density at radius 3 is 2.80 bits per heavy atom. The summed E-state index contributed by atoms with van der Waals surface area (Å²) in [6.07, 6.45) is 0.755. The van der Waals surface area contributed by atoms with Crippen molar-refractivity contribution in [3.8, 4) is 11.6 Å². The highest BCUT2D eigenvalue weighted by Gasteiger charge is 2.15. The van der Waals surface area contributed by atoms with Crippen LogP contribution in [0.15, 0.2) is 20.2 Å². The standard InChI is InChI=1S/C12H13N5O3/c1-3-4-17-10-8(11(18)15-12(17)19)13-9(14-10)7-5-6(2)16-20-7/h5H,3-4H2,1-2H3,(H,13,14)(H,15,18,19). The number of aromatic amines is 2. The molecule has 3 aromatic rings. The van der Waals surface area contributed by atoms with Crippen LogP contribution in [0.3, 0.4) is 0 Å². The zero-order valence-electron chi connectivity index (χ0n) is 11.1. The van der Waals surface area contributed by atoms with Gasteiger partial charge in [0.2, 0.25) is 5.76 Å². The third-order valence-corrected chi connectivity index (χ3v) is 2.94. The van der Waals surface area contributed by atoms with Crippen molar-refractivity contribution in [3.05, 3.63) is 32.6 Å². The van der Waals surface area contributed by atoms with Crippen LogP contribution in [0.5, 0.6) is 0 Å². The number of fused-ring (bicyclic) bond motifs is 1. The average Bonchev–Trinajstić information content (AvgIpc) is 3.00. The van der Waals surface area contributed by atoms with E-state index in [1.54, 1.807) is 13.0 Å². The summed E-state index contributed by atoms with van der Waals surface area (Å²) in [5.41, 5.74) is 0.329. The Balaban J connectivity index is 2.29. The van der Waals surface area contributed by atoms with Crippen molar-refractivity contribution in [1.29, 1.82) is 0 Å². The van der Waals surface area contributed by atoms with Gasteiger partial charge in [0.1, 0.15) is 5.52 Å². The van der Waals surface area contributed by atoms with Crippen LogP contribution >= 0.6 is 0 Å². The molecule has 0 fully saturated rings. The van der Waals surface area contributed by atoms with Crippen LogP contribution in [0.2, 0.25) is 0 Å². The lowest BCUT2D eigenvalue weighted by Crippen LogP contribution is -2.30. The minimum atomic E-state index is -0.493. The quantitative estimate of drug-likeness (QED) is 0.734. The number of hydrogen-bond donors (Lipinski definition) is 2. The first-order valence-corrected chi connectivity index (χ1v) is 6.26. The zero-order chi connectivity index (χ0) is 14.3. The van der Waals surface area contributed by atoms with Crippen molar-refractivity contribution in [2.24, 2.45) is 0 Å². The van der Waals surface area contributed by atoms with Crippen molar-refractivity contribution in [3.63, 3.8) is 0 Å². The molecular formula is C12H13N5O3. The van der Waals surface area contributed by atoms with E-state index >= 15 is 0 Å².